The van der Waals surface area contributed by atoms with Crippen molar-refractivity contribution in [2.45, 2.75) is 44.6 Å². The Labute approximate surface area is 145 Å². The average molecular weight is 343 g/mol. The molecule has 7 heteroatoms. The Balaban J connectivity index is 1.79. The molecule has 1 aromatic carbocycles. The summed E-state index contributed by atoms with van der Waals surface area (Å²) in [5, 5.41) is 21.1. The number of hydrogen-bond donors (Lipinski definition) is 2. The van der Waals surface area contributed by atoms with Gasteiger partial charge in [0.15, 0.2) is 0 Å². The largest absolute Gasteiger partial charge is 0.481 e. The van der Waals surface area contributed by atoms with Crippen LogP contribution in [0.4, 0.5) is 0 Å². The van der Waals surface area contributed by atoms with Crippen LogP contribution in [0.2, 0.25) is 0 Å². The first-order valence-electron chi connectivity index (χ1n) is 8.52. The Morgan fingerprint density at radius 3 is 2.96 bits per heavy atom. The maximum Gasteiger partial charge on any atom is 0.311 e. The minimum atomic E-state index is -0.917. The molecule has 1 aliphatic rings. The Morgan fingerprint density at radius 1 is 1.32 bits per heavy atom. The lowest BCUT2D eigenvalue weighted by molar-refractivity contribution is -0.137. The molecule has 2 heterocycles. The van der Waals surface area contributed by atoms with Gasteiger partial charge >= 0.3 is 11.9 Å². The second-order valence-electron chi connectivity index (χ2n) is 6.24. The van der Waals surface area contributed by atoms with Gasteiger partial charge in [-0.05, 0) is 49.9 Å². The first-order chi connectivity index (χ1) is 12.1. The van der Waals surface area contributed by atoms with Crippen LogP contribution in [-0.4, -0.2) is 39.8 Å². The lowest BCUT2D eigenvalue weighted by atomic mass is 10.0. The molecular formula is C18H21N3O4. The molecule has 0 bridgehead atoms. The summed E-state index contributed by atoms with van der Waals surface area (Å²) in [6, 6.07) is 5.75. The molecular weight excluding hydrogens is 322 g/mol. The predicted octanol–water partition coefficient (Wildman–Crippen LogP) is 2.08. The third kappa shape index (κ3) is 4.51. The Kier molecular flexibility index (Phi) is 5.55. The molecule has 2 N–H and O–H groups in total. The van der Waals surface area contributed by atoms with Crippen LogP contribution in [0.5, 0.6) is 5.75 Å². The summed E-state index contributed by atoms with van der Waals surface area (Å²) < 4.78 is 5.49. The fourth-order valence-electron chi connectivity index (χ4n) is 3.14. The van der Waals surface area contributed by atoms with Crippen molar-refractivity contribution in [2.24, 2.45) is 0 Å². The highest BCUT2D eigenvalue weighted by molar-refractivity contribution is 5.90. The van der Waals surface area contributed by atoms with Gasteiger partial charge in [-0.25, -0.2) is 0 Å². The lowest BCUT2D eigenvalue weighted by Gasteiger charge is -2.14. The molecule has 1 saturated heterocycles. The molecule has 1 aromatic heterocycles. The minimum Gasteiger partial charge on any atom is -0.481 e. The summed E-state index contributed by atoms with van der Waals surface area (Å²) in [4.78, 5) is 22.6. The maximum atomic E-state index is 12.0. The van der Waals surface area contributed by atoms with Gasteiger partial charge in [0.2, 0.25) is 0 Å². The summed E-state index contributed by atoms with van der Waals surface area (Å²) in [6.45, 7) is 1.02. The van der Waals surface area contributed by atoms with E-state index in [0.717, 1.165) is 36.8 Å². The van der Waals surface area contributed by atoms with E-state index in [9.17, 15) is 9.59 Å². The van der Waals surface area contributed by atoms with Gasteiger partial charge in [0.25, 0.3) is 0 Å². The monoisotopic (exact) mass is 343 g/mol. The van der Waals surface area contributed by atoms with Gasteiger partial charge in [0.05, 0.1) is 11.7 Å². The Bertz CT molecular complexity index is 767. The van der Waals surface area contributed by atoms with Gasteiger partial charge in [0, 0.05) is 24.3 Å². The van der Waals surface area contributed by atoms with Gasteiger partial charge in [-0.3, -0.25) is 9.59 Å². The number of aliphatic carboxylic acids is 1. The summed E-state index contributed by atoms with van der Waals surface area (Å²) in [6.07, 6.45) is 5.09. The van der Waals surface area contributed by atoms with Crippen LogP contribution < -0.4 is 10.1 Å². The molecule has 1 fully saturated rings. The normalized spacial score (nSPS) is 16.9. The zero-order valence-electron chi connectivity index (χ0n) is 13.9. The number of carbonyl (C=O) groups excluding carboxylic acids is 1. The number of nitrogens with one attached hydrogen (secondary N) is 1. The van der Waals surface area contributed by atoms with E-state index in [1.165, 1.54) is 0 Å². The smallest absolute Gasteiger partial charge is 0.311 e. The van der Waals surface area contributed by atoms with Crippen LogP contribution in [0.1, 0.15) is 37.7 Å². The van der Waals surface area contributed by atoms with E-state index >= 15 is 0 Å². The number of carboxylic acid groups (broad SMARTS) is 1. The van der Waals surface area contributed by atoms with E-state index in [4.69, 9.17) is 9.84 Å². The number of ether oxygens (including phenoxy) is 1. The number of carboxylic acids is 1. The molecule has 0 amide bonds. The number of carbonyl (C=O) groups is 2. The van der Waals surface area contributed by atoms with Crippen molar-refractivity contribution in [1.29, 1.82) is 0 Å². The van der Waals surface area contributed by atoms with Crippen LogP contribution in [0.3, 0.4) is 0 Å². The van der Waals surface area contributed by atoms with E-state index in [-0.39, 0.29) is 19.3 Å². The van der Waals surface area contributed by atoms with Crippen molar-refractivity contribution in [2.75, 3.05) is 6.54 Å². The number of hydrogen-bond acceptors (Lipinski definition) is 6. The Hall–Kier alpha value is -2.54. The summed E-state index contributed by atoms with van der Waals surface area (Å²) in [5.41, 5.74) is 1.68. The van der Waals surface area contributed by atoms with Crippen molar-refractivity contribution in [3.63, 3.8) is 0 Å². The molecule has 0 saturated carbocycles. The summed E-state index contributed by atoms with van der Waals surface area (Å²) in [7, 11) is 0. The first-order valence-corrected chi connectivity index (χ1v) is 8.52. The number of fused-ring (bicyclic) bond motifs is 1. The highest BCUT2D eigenvalue weighted by Crippen LogP contribution is 2.29. The molecule has 3 rings (SSSR count). The molecule has 0 spiro atoms. The van der Waals surface area contributed by atoms with Gasteiger partial charge in [0.1, 0.15) is 5.75 Å². The molecule has 0 radical (unpaired) electrons. The van der Waals surface area contributed by atoms with E-state index in [2.05, 4.69) is 15.5 Å². The molecule has 1 aliphatic heterocycles. The number of benzene rings is 1. The van der Waals surface area contributed by atoms with Crippen LogP contribution in [0.15, 0.2) is 24.4 Å². The van der Waals surface area contributed by atoms with Crippen molar-refractivity contribution < 1.29 is 19.4 Å². The van der Waals surface area contributed by atoms with Gasteiger partial charge < -0.3 is 15.2 Å². The third-order valence-corrected chi connectivity index (χ3v) is 4.33. The van der Waals surface area contributed by atoms with E-state index in [1.54, 1.807) is 18.3 Å². The Morgan fingerprint density at radius 2 is 2.20 bits per heavy atom. The highest BCUT2D eigenvalue weighted by atomic mass is 16.5. The van der Waals surface area contributed by atoms with Gasteiger partial charge in [-0.1, -0.05) is 6.07 Å². The number of nitrogens with zero attached hydrogens (tertiary/aromatic N) is 2. The first kappa shape index (κ1) is 17.3. The van der Waals surface area contributed by atoms with E-state index in [1.807, 2.05) is 6.07 Å². The van der Waals surface area contributed by atoms with E-state index < -0.39 is 11.9 Å². The fraction of sp³-hybridized carbons (Fsp3) is 0.444. The second kappa shape index (κ2) is 8.02. The van der Waals surface area contributed by atoms with Crippen molar-refractivity contribution in [1.82, 2.24) is 15.5 Å². The second-order valence-corrected chi connectivity index (χ2v) is 6.24. The maximum absolute atomic E-state index is 12.0. The SMILES string of the molecule is O=C(O)CCCC(=O)Oc1cccc2nncc(C[C@H]3CCCN3)c12. The molecule has 0 aliphatic carbocycles. The van der Waals surface area contributed by atoms with Crippen LogP contribution in [-0.2, 0) is 16.0 Å². The van der Waals surface area contributed by atoms with Gasteiger partial charge in [-0.15, -0.1) is 0 Å². The zero-order chi connectivity index (χ0) is 17.6. The molecule has 0 unspecified atom stereocenters. The molecule has 2 aromatic rings. The molecule has 1 atom stereocenters. The quantitative estimate of drug-likeness (QED) is 0.586. The van der Waals surface area contributed by atoms with Crippen LogP contribution >= 0.6 is 0 Å². The van der Waals surface area contributed by atoms with Crippen molar-refractivity contribution in [3.05, 3.63) is 30.0 Å². The number of esters is 1. The average Bonchev–Trinajstić information content (AvgIpc) is 3.08. The topological polar surface area (TPSA) is 101 Å². The highest BCUT2D eigenvalue weighted by Gasteiger charge is 2.19. The molecule has 7 nitrogen and oxygen atoms in total. The van der Waals surface area contributed by atoms with Gasteiger partial charge in [-0.2, -0.15) is 10.2 Å². The van der Waals surface area contributed by atoms with Crippen molar-refractivity contribution >= 4 is 22.8 Å². The molecule has 25 heavy (non-hydrogen) atoms. The standard InChI is InChI=1S/C18H21N3O4/c22-16(23)7-2-8-17(24)25-15-6-1-5-14-18(15)12(11-20-21-14)10-13-4-3-9-19-13/h1,5-6,11,13,19H,2-4,7-10H2,(H,22,23)/t13-/m1/s1. The third-order valence-electron chi connectivity index (χ3n) is 4.33. The lowest BCUT2D eigenvalue weighted by Crippen LogP contribution is -2.24. The fourth-order valence-corrected chi connectivity index (χ4v) is 3.14. The van der Waals surface area contributed by atoms with Crippen molar-refractivity contribution in [3.8, 4) is 5.75 Å². The zero-order valence-corrected chi connectivity index (χ0v) is 13.9. The summed E-state index contributed by atoms with van der Waals surface area (Å²) >= 11 is 0. The molecule has 132 valence electrons. The minimum absolute atomic E-state index is 0.0469. The van der Waals surface area contributed by atoms with Crippen LogP contribution in [0, 0.1) is 0 Å². The van der Waals surface area contributed by atoms with Crippen LogP contribution in [0.25, 0.3) is 10.9 Å². The predicted molar refractivity (Wildman–Crippen MR) is 91.4 cm³/mol. The number of aromatic nitrogens is 2. The summed E-state index contributed by atoms with van der Waals surface area (Å²) in [5.74, 6) is -0.893. The number of rotatable bonds is 7. The van der Waals surface area contributed by atoms with E-state index in [0.29, 0.717) is 17.3 Å².